The Balaban J connectivity index is 1.44. The van der Waals surface area contributed by atoms with Gasteiger partial charge in [-0.15, -0.1) is 16.8 Å². The van der Waals surface area contributed by atoms with Crippen molar-refractivity contribution >= 4 is 23.4 Å². The van der Waals surface area contributed by atoms with Crippen LogP contribution in [0.5, 0.6) is 0 Å². The molecule has 2 aromatic carbocycles. The van der Waals surface area contributed by atoms with E-state index in [0.29, 0.717) is 17.5 Å². The molecule has 0 spiro atoms. The lowest BCUT2D eigenvalue weighted by Crippen LogP contribution is -2.15. The van der Waals surface area contributed by atoms with Crippen molar-refractivity contribution in [2.75, 3.05) is 11.1 Å². The van der Waals surface area contributed by atoms with E-state index in [-0.39, 0.29) is 17.5 Å². The lowest BCUT2D eigenvalue weighted by molar-refractivity contribution is -0.113. The number of anilines is 1. The van der Waals surface area contributed by atoms with E-state index in [2.05, 4.69) is 34.2 Å². The Kier molecular flexibility index (Phi) is 5.76. The molecule has 0 saturated carbocycles. The number of carbonyl (C=O) groups is 1. The number of allylic oxidation sites excluding steroid dienone is 1. The summed E-state index contributed by atoms with van der Waals surface area (Å²) in [6.07, 6.45) is 5.11. The summed E-state index contributed by atoms with van der Waals surface area (Å²) in [5.41, 5.74) is 4.29. The molecule has 0 saturated heterocycles. The third kappa shape index (κ3) is 4.40. The van der Waals surface area contributed by atoms with Crippen molar-refractivity contribution in [1.82, 2.24) is 14.8 Å². The van der Waals surface area contributed by atoms with Crippen LogP contribution in [0.25, 0.3) is 11.4 Å². The Labute approximate surface area is 173 Å². The average molecular weight is 409 g/mol. The summed E-state index contributed by atoms with van der Waals surface area (Å²) in [5.74, 6) is 0.438. The highest BCUT2D eigenvalue weighted by Gasteiger charge is 2.16. The third-order valence-electron chi connectivity index (χ3n) is 4.85. The summed E-state index contributed by atoms with van der Waals surface area (Å²) in [6.45, 7) is 4.27. The molecule has 1 heterocycles. The van der Waals surface area contributed by atoms with Crippen LogP contribution < -0.4 is 5.32 Å². The largest absolute Gasteiger partial charge is 0.325 e. The van der Waals surface area contributed by atoms with E-state index in [9.17, 15) is 9.18 Å². The zero-order valence-electron chi connectivity index (χ0n) is 15.9. The zero-order valence-corrected chi connectivity index (χ0v) is 16.7. The number of amides is 1. The standard InChI is InChI=1S/C22H21FN4OS/c1-2-12-27-21(16-6-9-18(23)10-7-16)25-26-22(27)29-14-20(28)24-19-11-8-15-4-3-5-17(15)13-19/h2,6-11,13H,1,3-5,12,14H2,(H,24,28). The molecule has 1 N–H and O–H groups in total. The summed E-state index contributed by atoms with van der Waals surface area (Å²) in [6, 6.07) is 12.2. The number of fused-ring (bicyclic) bond motifs is 1. The van der Waals surface area contributed by atoms with E-state index < -0.39 is 0 Å². The van der Waals surface area contributed by atoms with Crippen molar-refractivity contribution in [3.8, 4) is 11.4 Å². The van der Waals surface area contributed by atoms with Crippen molar-refractivity contribution in [2.24, 2.45) is 0 Å². The third-order valence-corrected chi connectivity index (χ3v) is 5.81. The van der Waals surface area contributed by atoms with Gasteiger partial charge in [0.2, 0.25) is 5.91 Å². The topological polar surface area (TPSA) is 59.8 Å². The van der Waals surface area contributed by atoms with E-state index in [1.807, 2.05) is 10.6 Å². The highest BCUT2D eigenvalue weighted by molar-refractivity contribution is 7.99. The normalized spacial score (nSPS) is 12.6. The van der Waals surface area contributed by atoms with Crippen molar-refractivity contribution in [3.05, 3.63) is 72.1 Å². The van der Waals surface area contributed by atoms with Crippen LogP contribution in [0.1, 0.15) is 17.5 Å². The van der Waals surface area contributed by atoms with Gasteiger partial charge in [0.05, 0.1) is 5.75 Å². The predicted molar refractivity (Wildman–Crippen MR) is 113 cm³/mol. The van der Waals surface area contributed by atoms with Crippen LogP contribution in [0.4, 0.5) is 10.1 Å². The molecule has 0 fully saturated rings. The van der Waals surface area contributed by atoms with Gasteiger partial charge in [-0.25, -0.2) is 4.39 Å². The SMILES string of the molecule is C=CCn1c(SCC(=O)Nc2ccc3c(c2)CCC3)nnc1-c1ccc(F)cc1. The number of rotatable bonds is 7. The Hall–Kier alpha value is -2.93. The highest BCUT2D eigenvalue weighted by Crippen LogP contribution is 2.26. The Morgan fingerprint density at radius 3 is 2.76 bits per heavy atom. The van der Waals surface area contributed by atoms with Crippen LogP contribution in [-0.4, -0.2) is 26.4 Å². The molecule has 4 rings (SSSR count). The number of halogens is 1. The van der Waals surface area contributed by atoms with E-state index in [1.165, 1.54) is 41.4 Å². The molecular formula is C22H21FN4OS. The van der Waals surface area contributed by atoms with Crippen molar-refractivity contribution in [1.29, 1.82) is 0 Å². The fourth-order valence-electron chi connectivity index (χ4n) is 3.48. The lowest BCUT2D eigenvalue weighted by atomic mass is 10.1. The number of aromatic nitrogens is 3. The predicted octanol–water partition coefficient (Wildman–Crippen LogP) is 4.49. The van der Waals surface area contributed by atoms with Crippen LogP contribution in [0.2, 0.25) is 0 Å². The van der Waals surface area contributed by atoms with Crippen LogP contribution in [0.15, 0.2) is 60.3 Å². The number of aryl methyl sites for hydroxylation is 2. The minimum Gasteiger partial charge on any atom is -0.325 e. The maximum Gasteiger partial charge on any atom is 0.234 e. The van der Waals surface area contributed by atoms with Gasteiger partial charge in [0.1, 0.15) is 5.82 Å². The number of nitrogens with zero attached hydrogens (tertiary/aromatic N) is 3. The summed E-state index contributed by atoms with van der Waals surface area (Å²) in [5, 5.41) is 12.0. The average Bonchev–Trinajstić information content (AvgIpc) is 3.34. The van der Waals surface area contributed by atoms with E-state index in [1.54, 1.807) is 18.2 Å². The van der Waals surface area contributed by atoms with Crippen LogP contribution in [-0.2, 0) is 24.2 Å². The first-order valence-electron chi connectivity index (χ1n) is 9.48. The van der Waals surface area contributed by atoms with Crippen molar-refractivity contribution in [2.45, 2.75) is 31.0 Å². The first-order valence-corrected chi connectivity index (χ1v) is 10.5. The molecule has 1 aliphatic carbocycles. The van der Waals surface area contributed by atoms with E-state index >= 15 is 0 Å². The Bertz CT molecular complexity index is 1050. The fourth-order valence-corrected chi connectivity index (χ4v) is 4.23. The number of carbonyl (C=O) groups excluding carboxylic acids is 1. The fraction of sp³-hybridized carbons (Fsp3) is 0.227. The van der Waals surface area contributed by atoms with Gasteiger partial charge in [-0.3, -0.25) is 9.36 Å². The number of hydrogen-bond acceptors (Lipinski definition) is 4. The van der Waals surface area contributed by atoms with Gasteiger partial charge < -0.3 is 5.32 Å². The van der Waals surface area contributed by atoms with E-state index in [4.69, 9.17) is 0 Å². The highest BCUT2D eigenvalue weighted by atomic mass is 32.2. The van der Waals surface area contributed by atoms with Crippen molar-refractivity contribution in [3.63, 3.8) is 0 Å². The lowest BCUT2D eigenvalue weighted by Gasteiger charge is -2.09. The van der Waals surface area contributed by atoms with Gasteiger partial charge >= 0.3 is 0 Å². The van der Waals surface area contributed by atoms with Gasteiger partial charge in [0, 0.05) is 17.8 Å². The molecule has 1 aromatic heterocycles. The van der Waals surface area contributed by atoms with Gasteiger partial charge in [0.25, 0.3) is 0 Å². The molecule has 0 radical (unpaired) electrons. The molecule has 29 heavy (non-hydrogen) atoms. The summed E-state index contributed by atoms with van der Waals surface area (Å²) >= 11 is 1.31. The second-order valence-corrected chi connectivity index (χ2v) is 7.83. The molecule has 0 atom stereocenters. The van der Waals surface area contributed by atoms with Gasteiger partial charge in [-0.05, 0) is 66.8 Å². The molecule has 148 valence electrons. The minimum absolute atomic E-state index is 0.0931. The first-order chi connectivity index (χ1) is 14.1. The second kappa shape index (κ2) is 8.61. The summed E-state index contributed by atoms with van der Waals surface area (Å²) < 4.78 is 15.1. The Morgan fingerprint density at radius 1 is 1.17 bits per heavy atom. The second-order valence-electron chi connectivity index (χ2n) is 6.89. The number of benzene rings is 2. The smallest absolute Gasteiger partial charge is 0.234 e. The monoisotopic (exact) mass is 408 g/mol. The van der Waals surface area contributed by atoms with Crippen molar-refractivity contribution < 1.29 is 9.18 Å². The molecule has 1 aliphatic rings. The number of thioether (sulfide) groups is 1. The van der Waals surface area contributed by atoms with Gasteiger partial charge in [0.15, 0.2) is 11.0 Å². The minimum atomic E-state index is -0.304. The van der Waals surface area contributed by atoms with Gasteiger partial charge in [-0.1, -0.05) is 23.9 Å². The summed E-state index contributed by atoms with van der Waals surface area (Å²) in [7, 11) is 0. The van der Waals surface area contributed by atoms with E-state index in [0.717, 1.165) is 24.1 Å². The van der Waals surface area contributed by atoms with Gasteiger partial charge in [-0.2, -0.15) is 0 Å². The molecule has 3 aromatic rings. The molecule has 0 aliphatic heterocycles. The quantitative estimate of drug-likeness (QED) is 0.462. The molecule has 7 heteroatoms. The maximum absolute atomic E-state index is 13.2. The van der Waals surface area contributed by atoms with Crippen LogP contribution in [0.3, 0.4) is 0 Å². The first kappa shape index (κ1) is 19.4. The maximum atomic E-state index is 13.2. The molecule has 0 bridgehead atoms. The summed E-state index contributed by atoms with van der Waals surface area (Å²) in [4.78, 5) is 12.4. The van der Waals surface area contributed by atoms with Crippen LogP contribution >= 0.6 is 11.8 Å². The number of hydrogen-bond donors (Lipinski definition) is 1. The zero-order chi connectivity index (χ0) is 20.2. The molecule has 0 unspecified atom stereocenters. The van der Waals surface area contributed by atoms with Crippen LogP contribution in [0, 0.1) is 5.82 Å². The molecule has 5 nitrogen and oxygen atoms in total. The molecular weight excluding hydrogens is 387 g/mol. The Morgan fingerprint density at radius 2 is 1.97 bits per heavy atom. The number of nitrogens with one attached hydrogen (secondary N) is 1. The molecule has 1 amide bonds.